The van der Waals surface area contributed by atoms with Crippen molar-refractivity contribution in [1.82, 2.24) is 0 Å². The lowest BCUT2D eigenvalue weighted by Crippen LogP contribution is -2.08. The summed E-state index contributed by atoms with van der Waals surface area (Å²) in [5, 5.41) is 1.94. The minimum Gasteiger partial charge on any atom is -0.365 e. The molecule has 0 aliphatic rings. The van der Waals surface area contributed by atoms with Crippen LogP contribution >= 0.6 is 11.3 Å². The number of nitrogens with two attached hydrogens (primary N) is 1. The van der Waals surface area contributed by atoms with Crippen molar-refractivity contribution in [3.05, 3.63) is 46.7 Å². The third-order valence-corrected chi connectivity index (χ3v) is 2.89. The first kappa shape index (κ1) is 8.97. The summed E-state index contributed by atoms with van der Waals surface area (Å²) >= 11 is 1.38. The average molecular weight is 203 g/mol. The van der Waals surface area contributed by atoms with Gasteiger partial charge in [0, 0.05) is 0 Å². The molecule has 1 heterocycles. The van der Waals surface area contributed by atoms with E-state index in [0.717, 1.165) is 11.1 Å². The lowest BCUT2D eigenvalue weighted by Gasteiger charge is -1.94. The Bertz CT molecular complexity index is 447. The highest BCUT2D eigenvalue weighted by atomic mass is 32.1. The van der Waals surface area contributed by atoms with E-state index in [9.17, 15) is 4.79 Å². The zero-order valence-electron chi connectivity index (χ0n) is 7.44. The van der Waals surface area contributed by atoms with Gasteiger partial charge in [0.05, 0.1) is 4.88 Å². The van der Waals surface area contributed by atoms with Crippen LogP contribution in [0, 0.1) is 0 Å². The molecule has 70 valence electrons. The van der Waals surface area contributed by atoms with E-state index >= 15 is 0 Å². The lowest BCUT2D eigenvalue weighted by atomic mass is 10.1. The summed E-state index contributed by atoms with van der Waals surface area (Å²) in [5.74, 6) is -0.364. The molecule has 0 aliphatic carbocycles. The third kappa shape index (κ3) is 1.67. The summed E-state index contributed by atoms with van der Waals surface area (Å²) in [6.45, 7) is 0. The summed E-state index contributed by atoms with van der Waals surface area (Å²) in [5.41, 5.74) is 7.33. The smallest absolute Gasteiger partial charge is 0.258 e. The van der Waals surface area contributed by atoms with Crippen LogP contribution in [-0.4, -0.2) is 5.91 Å². The second-order valence-corrected chi connectivity index (χ2v) is 3.84. The Labute approximate surface area is 86.0 Å². The zero-order valence-corrected chi connectivity index (χ0v) is 8.25. The predicted octanol–water partition coefficient (Wildman–Crippen LogP) is 2.51. The zero-order chi connectivity index (χ0) is 9.97. The number of hydrogen-bond acceptors (Lipinski definition) is 2. The number of carbonyl (C=O) groups excluding carboxylic acids is 1. The molecule has 0 spiro atoms. The van der Waals surface area contributed by atoms with Crippen LogP contribution in [0.1, 0.15) is 9.67 Å². The number of benzene rings is 1. The molecule has 2 aromatic rings. The Balaban J connectivity index is 2.39. The predicted molar refractivity (Wildman–Crippen MR) is 58.3 cm³/mol. The molecule has 0 fully saturated rings. The summed E-state index contributed by atoms with van der Waals surface area (Å²) in [6, 6.07) is 11.7. The van der Waals surface area contributed by atoms with Crippen LogP contribution in [0.15, 0.2) is 41.8 Å². The summed E-state index contributed by atoms with van der Waals surface area (Å²) in [4.78, 5) is 11.5. The van der Waals surface area contributed by atoms with Gasteiger partial charge in [-0.3, -0.25) is 4.79 Å². The van der Waals surface area contributed by atoms with E-state index in [-0.39, 0.29) is 5.91 Å². The first-order valence-electron chi connectivity index (χ1n) is 4.21. The molecule has 2 rings (SSSR count). The Morgan fingerprint density at radius 1 is 1.14 bits per heavy atom. The maximum absolute atomic E-state index is 10.9. The summed E-state index contributed by atoms with van der Waals surface area (Å²) in [7, 11) is 0. The molecule has 0 unspecified atom stereocenters. The van der Waals surface area contributed by atoms with Crippen LogP contribution in [0.2, 0.25) is 0 Å². The minimum absolute atomic E-state index is 0.364. The summed E-state index contributed by atoms with van der Waals surface area (Å²) in [6.07, 6.45) is 0. The first-order valence-corrected chi connectivity index (χ1v) is 5.09. The Kier molecular flexibility index (Phi) is 2.33. The number of rotatable bonds is 2. The van der Waals surface area contributed by atoms with Gasteiger partial charge in [0.25, 0.3) is 5.91 Å². The first-order chi connectivity index (χ1) is 6.77. The van der Waals surface area contributed by atoms with Crippen molar-refractivity contribution in [3.63, 3.8) is 0 Å². The average Bonchev–Trinajstić information content (AvgIpc) is 2.68. The number of primary amides is 1. The normalized spacial score (nSPS) is 10.0. The van der Waals surface area contributed by atoms with Crippen molar-refractivity contribution in [2.75, 3.05) is 0 Å². The molecular weight excluding hydrogens is 194 g/mol. The van der Waals surface area contributed by atoms with E-state index in [2.05, 4.69) is 0 Å². The molecule has 1 aromatic heterocycles. The van der Waals surface area contributed by atoms with Crippen LogP contribution in [0.3, 0.4) is 0 Å². The van der Waals surface area contributed by atoms with E-state index in [1.165, 1.54) is 11.3 Å². The van der Waals surface area contributed by atoms with Crippen LogP contribution < -0.4 is 5.73 Å². The SMILES string of the molecule is NC(=O)c1cc(-c2ccccc2)cs1. The molecule has 2 N–H and O–H groups in total. The van der Waals surface area contributed by atoms with Crippen molar-refractivity contribution in [2.24, 2.45) is 5.73 Å². The monoisotopic (exact) mass is 203 g/mol. The van der Waals surface area contributed by atoms with Gasteiger partial charge in [0.15, 0.2) is 0 Å². The van der Waals surface area contributed by atoms with Gasteiger partial charge in [-0.1, -0.05) is 30.3 Å². The number of hydrogen-bond donors (Lipinski definition) is 1. The molecule has 0 saturated heterocycles. The standard InChI is InChI=1S/C11H9NOS/c12-11(13)10-6-9(7-14-10)8-4-2-1-3-5-8/h1-7H,(H2,12,13). The van der Waals surface area contributed by atoms with E-state index in [4.69, 9.17) is 5.73 Å². The molecule has 1 amide bonds. The molecule has 0 atom stereocenters. The van der Waals surface area contributed by atoms with Crippen LogP contribution in [0.5, 0.6) is 0 Å². The Morgan fingerprint density at radius 3 is 2.43 bits per heavy atom. The van der Waals surface area contributed by atoms with E-state index in [1.54, 1.807) is 0 Å². The molecule has 2 nitrogen and oxygen atoms in total. The molecule has 3 heteroatoms. The van der Waals surface area contributed by atoms with Gasteiger partial charge in [0.1, 0.15) is 0 Å². The van der Waals surface area contributed by atoms with Crippen LogP contribution in [0.25, 0.3) is 11.1 Å². The van der Waals surface area contributed by atoms with Gasteiger partial charge in [-0.05, 0) is 22.6 Å². The van der Waals surface area contributed by atoms with Gasteiger partial charge in [-0.25, -0.2) is 0 Å². The maximum Gasteiger partial charge on any atom is 0.258 e. The van der Waals surface area contributed by atoms with Crippen molar-refractivity contribution in [1.29, 1.82) is 0 Å². The highest BCUT2D eigenvalue weighted by Crippen LogP contribution is 2.24. The molecular formula is C11H9NOS. The molecule has 0 bridgehead atoms. The highest BCUT2D eigenvalue weighted by molar-refractivity contribution is 7.12. The third-order valence-electron chi connectivity index (χ3n) is 1.95. The largest absolute Gasteiger partial charge is 0.365 e. The van der Waals surface area contributed by atoms with E-state index in [1.807, 2.05) is 41.8 Å². The summed E-state index contributed by atoms with van der Waals surface area (Å²) < 4.78 is 0. The molecule has 14 heavy (non-hydrogen) atoms. The van der Waals surface area contributed by atoms with Gasteiger partial charge in [0.2, 0.25) is 0 Å². The fourth-order valence-electron chi connectivity index (χ4n) is 1.25. The van der Waals surface area contributed by atoms with Crippen LogP contribution in [0.4, 0.5) is 0 Å². The Morgan fingerprint density at radius 2 is 1.86 bits per heavy atom. The van der Waals surface area contributed by atoms with Gasteiger partial charge in [-0.2, -0.15) is 0 Å². The molecule has 0 aliphatic heterocycles. The number of thiophene rings is 1. The lowest BCUT2D eigenvalue weighted by molar-refractivity contribution is 0.100. The quantitative estimate of drug-likeness (QED) is 0.800. The second-order valence-electron chi connectivity index (χ2n) is 2.93. The van der Waals surface area contributed by atoms with Crippen molar-refractivity contribution < 1.29 is 4.79 Å². The minimum atomic E-state index is -0.364. The molecule has 0 saturated carbocycles. The number of carbonyl (C=O) groups is 1. The topological polar surface area (TPSA) is 43.1 Å². The Hall–Kier alpha value is -1.61. The van der Waals surface area contributed by atoms with Crippen molar-refractivity contribution in [2.45, 2.75) is 0 Å². The molecule has 0 radical (unpaired) electrons. The van der Waals surface area contributed by atoms with Gasteiger partial charge < -0.3 is 5.73 Å². The fraction of sp³-hybridized carbons (Fsp3) is 0. The fourth-order valence-corrected chi connectivity index (χ4v) is 2.02. The van der Waals surface area contributed by atoms with E-state index in [0.29, 0.717) is 4.88 Å². The maximum atomic E-state index is 10.9. The molecule has 1 aromatic carbocycles. The second kappa shape index (κ2) is 3.64. The number of amides is 1. The van der Waals surface area contributed by atoms with Crippen molar-refractivity contribution in [3.8, 4) is 11.1 Å². The highest BCUT2D eigenvalue weighted by Gasteiger charge is 2.05. The van der Waals surface area contributed by atoms with Crippen LogP contribution in [-0.2, 0) is 0 Å². The van der Waals surface area contributed by atoms with Crippen molar-refractivity contribution >= 4 is 17.2 Å². The van der Waals surface area contributed by atoms with E-state index < -0.39 is 0 Å². The van der Waals surface area contributed by atoms with Gasteiger partial charge >= 0.3 is 0 Å². The van der Waals surface area contributed by atoms with Gasteiger partial charge in [-0.15, -0.1) is 11.3 Å².